The Morgan fingerprint density at radius 3 is 2.65 bits per heavy atom. The molecule has 1 aromatic heterocycles. The molecule has 1 unspecified atom stereocenters. The molecule has 0 aliphatic heterocycles. The van der Waals surface area contributed by atoms with Crippen molar-refractivity contribution < 1.29 is 23.9 Å². The summed E-state index contributed by atoms with van der Waals surface area (Å²) in [4.78, 5) is 35.6. The molecular formula is C22H24N4O5. The molecule has 1 heterocycles. The molecule has 0 spiro atoms. The topological polar surface area (TPSA) is 112 Å². The van der Waals surface area contributed by atoms with Crippen LogP contribution in [0, 0.1) is 6.92 Å². The Balaban J connectivity index is 1.83. The number of aryl methyl sites for hydroxylation is 1. The maximum atomic E-state index is 12.7. The molecule has 0 saturated carbocycles. The van der Waals surface area contributed by atoms with Crippen molar-refractivity contribution in [1.29, 1.82) is 0 Å². The largest absolute Gasteiger partial charge is 0.463 e. The van der Waals surface area contributed by atoms with Gasteiger partial charge in [0, 0.05) is 18.0 Å². The number of amides is 2. The number of nitrogens with one attached hydrogen (secondary N) is 2. The van der Waals surface area contributed by atoms with Crippen LogP contribution >= 0.6 is 0 Å². The van der Waals surface area contributed by atoms with E-state index in [-0.39, 0.29) is 13.2 Å². The fourth-order valence-corrected chi connectivity index (χ4v) is 2.99. The molecule has 0 fully saturated rings. The Labute approximate surface area is 179 Å². The van der Waals surface area contributed by atoms with Crippen LogP contribution < -0.4 is 10.6 Å². The molecule has 0 radical (unpaired) electrons. The zero-order valence-corrected chi connectivity index (χ0v) is 17.5. The van der Waals surface area contributed by atoms with Crippen molar-refractivity contribution in [2.45, 2.75) is 26.8 Å². The minimum Gasteiger partial charge on any atom is -0.463 e. The number of benzene rings is 2. The fourth-order valence-electron chi connectivity index (χ4n) is 2.99. The van der Waals surface area contributed by atoms with E-state index < -0.39 is 24.0 Å². The highest BCUT2D eigenvalue weighted by Gasteiger charge is 2.23. The highest BCUT2D eigenvalue weighted by atomic mass is 16.6. The summed E-state index contributed by atoms with van der Waals surface area (Å²) in [7, 11) is 0. The van der Waals surface area contributed by atoms with Crippen LogP contribution in [0.2, 0.25) is 0 Å². The van der Waals surface area contributed by atoms with E-state index in [2.05, 4.69) is 15.7 Å². The van der Waals surface area contributed by atoms with E-state index in [1.165, 1.54) is 6.92 Å². The van der Waals surface area contributed by atoms with Gasteiger partial charge < -0.3 is 20.1 Å². The third kappa shape index (κ3) is 5.59. The number of carbonyl (C=O) groups excluding carboxylic acids is 3. The zero-order valence-electron chi connectivity index (χ0n) is 17.5. The number of hydrogen-bond acceptors (Lipinski definition) is 6. The molecule has 9 heteroatoms. The monoisotopic (exact) mass is 424 g/mol. The quantitative estimate of drug-likeness (QED) is 0.564. The maximum Gasteiger partial charge on any atom is 0.407 e. The summed E-state index contributed by atoms with van der Waals surface area (Å²) in [6.45, 7) is 4.70. The zero-order chi connectivity index (χ0) is 22.4. The second-order valence-electron chi connectivity index (χ2n) is 6.88. The lowest BCUT2D eigenvalue weighted by molar-refractivity contribution is -0.142. The fraction of sp³-hybridized carbons (Fsp3) is 0.273. The molecule has 2 aromatic carbocycles. The molecule has 3 aromatic rings. The van der Waals surface area contributed by atoms with Crippen molar-refractivity contribution in [1.82, 2.24) is 15.1 Å². The second-order valence-corrected chi connectivity index (χ2v) is 6.88. The second kappa shape index (κ2) is 9.75. The summed E-state index contributed by atoms with van der Waals surface area (Å²) in [6, 6.07) is 12.2. The highest BCUT2D eigenvalue weighted by molar-refractivity contribution is 5.98. The molecule has 3 rings (SSSR count). The van der Waals surface area contributed by atoms with Crippen molar-refractivity contribution in [2.75, 3.05) is 18.5 Å². The molecule has 0 aliphatic rings. The number of alkyl carbamates (subject to hydrolysis) is 1. The van der Waals surface area contributed by atoms with E-state index in [9.17, 15) is 14.4 Å². The molecule has 0 saturated heterocycles. The van der Waals surface area contributed by atoms with Crippen molar-refractivity contribution in [3.8, 4) is 5.69 Å². The Morgan fingerprint density at radius 1 is 1.13 bits per heavy atom. The van der Waals surface area contributed by atoms with Gasteiger partial charge in [0.1, 0.15) is 12.6 Å². The molecule has 31 heavy (non-hydrogen) atoms. The Kier molecular flexibility index (Phi) is 6.86. The lowest BCUT2D eigenvalue weighted by Gasteiger charge is -2.18. The number of esters is 1. The number of ether oxygens (including phenoxy) is 2. The van der Waals surface area contributed by atoms with Gasteiger partial charge in [0.15, 0.2) is 0 Å². The number of aromatic nitrogens is 2. The summed E-state index contributed by atoms with van der Waals surface area (Å²) in [5.41, 5.74) is 3.31. The molecular weight excluding hydrogens is 400 g/mol. The van der Waals surface area contributed by atoms with E-state index in [1.807, 2.05) is 37.3 Å². The predicted octanol–water partition coefficient (Wildman–Crippen LogP) is 2.95. The van der Waals surface area contributed by atoms with Gasteiger partial charge in [0.2, 0.25) is 0 Å². The summed E-state index contributed by atoms with van der Waals surface area (Å²) >= 11 is 0. The van der Waals surface area contributed by atoms with E-state index in [1.54, 1.807) is 29.9 Å². The SMILES string of the molecule is CCOC(=O)NC(COC(C)=O)C(=O)Nc1ccc2cnn(-c3cccc(C)c3)c2c1. The number of anilines is 1. The van der Waals surface area contributed by atoms with Gasteiger partial charge in [-0.15, -0.1) is 0 Å². The lowest BCUT2D eigenvalue weighted by atomic mass is 10.2. The highest BCUT2D eigenvalue weighted by Crippen LogP contribution is 2.22. The minimum atomic E-state index is -1.11. The Bertz CT molecular complexity index is 1110. The number of hydrogen-bond donors (Lipinski definition) is 2. The van der Waals surface area contributed by atoms with Gasteiger partial charge in [-0.2, -0.15) is 5.10 Å². The first kappa shape index (κ1) is 21.8. The average molecular weight is 424 g/mol. The number of carbonyl (C=O) groups is 3. The molecule has 2 N–H and O–H groups in total. The van der Waals surface area contributed by atoms with Crippen molar-refractivity contribution in [3.05, 3.63) is 54.2 Å². The van der Waals surface area contributed by atoms with E-state index in [0.29, 0.717) is 5.69 Å². The van der Waals surface area contributed by atoms with Gasteiger partial charge in [0.05, 0.1) is 24.0 Å². The van der Waals surface area contributed by atoms with Crippen LogP contribution in [0.1, 0.15) is 19.4 Å². The third-order valence-corrected chi connectivity index (χ3v) is 4.42. The van der Waals surface area contributed by atoms with Crippen molar-refractivity contribution in [2.24, 2.45) is 0 Å². The van der Waals surface area contributed by atoms with Crippen LogP contribution in [0.4, 0.5) is 10.5 Å². The van der Waals surface area contributed by atoms with Crippen LogP contribution in [-0.2, 0) is 19.1 Å². The molecule has 9 nitrogen and oxygen atoms in total. The van der Waals surface area contributed by atoms with Crippen LogP contribution in [-0.4, -0.2) is 47.0 Å². The van der Waals surface area contributed by atoms with E-state index >= 15 is 0 Å². The summed E-state index contributed by atoms with van der Waals surface area (Å²) in [5.74, 6) is -1.11. The van der Waals surface area contributed by atoms with Gasteiger partial charge in [-0.25, -0.2) is 9.48 Å². The normalized spacial score (nSPS) is 11.6. The molecule has 1 atom stereocenters. The number of nitrogens with zero attached hydrogens (tertiary/aromatic N) is 2. The minimum absolute atomic E-state index is 0.146. The van der Waals surface area contributed by atoms with Gasteiger partial charge in [-0.1, -0.05) is 12.1 Å². The van der Waals surface area contributed by atoms with Crippen LogP contribution in [0.15, 0.2) is 48.7 Å². The average Bonchev–Trinajstić information content (AvgIpc) is 3.14. The van der Waals surface area contributed by atoms with Crippen molar-refractivity contribution >= 4 is 34.6 Å². The van der Waals surface area contributed by atoms with Crippen LogP contribution in [0.5, 0.6) is 0 Å². The van der Waals surface area contributed by atoms with Crippen LogP contribution in [0.25, 0.3) is 16.6 Å². The molecule has 0 bridgehead atoms. The molecule has 162 valence electrons. The maximum absolute atomic E-state index is 12.7. The van der Waals surface area contributed by atoms with Gasteiger partial charge in [0.25, 0.3) is 5.91 Å². The third-order valence-electron chi connectivity index (χ3n) is 4.42. The Morgan fingerprint density at radius 2 is 1.94 bits per heavy atom. The Hall–Kier alpha value is -3.88. The van der Waals surface area contributed by atoms with E-state index in [0.717, 1.165) is 22.2 Å². The molecule has 2 amide bonds. The lowest BCUT2D eigenvalue weighted by Crippen LogP contribution is -2.47. The first-order valence-electron chi connectivity index (χ1n) is 9.79. The first-order chi connectivity index (χ1) is 14.9. The summed E-state index contributed by atoms with van der Waals surface area (Å²) in [5, 5.41) is 10.5. The van der Waals surface area contributed by atoms with Gasteiger partial charge >= 0.3 is 12.1 Å². The first-order valence-corrected chi connectivity index (χ1v) is 9.79. The number of fused-ring (bicyclic) bond motifs is 1. The van der Waals surface area contributed by atoms with E-state index in [4.69, 9.17) is 9.47 Å². The number of rotatable bonds is 7. The van der Waals surface area contributed by atoms with Gasteiger partial charge in [-0.05, 0) is 49.7 Å². The summed E-state index contributed by atoms with van der Waals surface area (Å²) in [6.07, 6.45) is 0.970. The summed E-state index contributed by atoms with van der Waals surface area (Å²) < 4.78 is 11.5. The smallest absolute Gasteiger partial charge is 0.407 e. The predicted molar refractivity (Wildman–Crippen MR) is 115 cm³/mol. The van der Waals surface area contributed by atoms with Crippen LogP contribution in [0.3, 0.4) is 0 Å². The molecule has 0 aliphatic carbocycles. The van der Waals surface area contributed by atoms with Crippen molar-refractivity contribution in [3.63, 3.8) is 0 Å². The van der Waals surface area contributed by atoms with Gasteiger partial charge in [-0.3, -0.25) is 9.59 Å². The standard InChI is InChI=1S/C22H24N4O5/c1-4-30-22(29)25-19(13-31-15(3)27)21(28)24-17-9-8-16-12-23-26(20(16)11-17)18-7-5-6-14(2)10-18/h5-12,19H,4,13H2,1-3H3,(H,24,28)(H,25,29).